The molecule has 0 unspecified atom stereocenters. The molecule has 118 valence electrons. The normalized spacial score (nSPS) is 21.8. The maximum Gasteiger partial charge on any atom is 0.244 e. The van der Waals surface area contributed by atoms with Crippen LogP contribution in [0.25, 0.3) is 0 Å². The average molecular weight is 311 g/mol. The van der Waals surface area contributed by atoms with E-state index in [-0.39, 0.29) is 0 Å². The van der Waals surface area contributed by atoms with Crippen LogP contribution in [0.4, 0.5) is 0 Å². The molecule has 0 radical (unpaired) electrons. The summed E-state index contributed by atoms with van der Waals surface area (Å²) in [4.78, 5) is 3.49. The van der Waals surface area contributed by atoms with Crippen LogP contribution in [-0.2, 0) is 16.6 Å². The Kier molecular flexibility index (Phi) is 4.38. The van der Waals surface area contributed by atoms with Crippen LogP contribution < -0.4 is 5.32 Å². The van der Waals surface area contributed by atoms with Crippen molar-refractivity contribution < 1.29 is 8.42 Å². The molecule has 2 N–H and O–H groups in total. The molecule has 21 heavy (non-hydrogen) atoms. The Hall–Kier alpha value is -0.850. The Labute approximate surface area is 127 Å². The molecule has 1 aromatic heterocycles. The van der Waals surface area contributed by atoms with Gasteiger partial charge in [0.25, 0.3) is 0 Å². The zero-order valence-corrected chi connectivity index (χ0v) is 13.5. The average Bonchev–Trinajstić information content (AvgIpc) is 3.21. The van der Waals surface area contributed by atoms with Gasteiger partial charge in [-0.25, -0.2) is 8.42 Å². The summed E-state index contributed by atoms with van der Waals surface area (Å²) in [5.41, 5.74) is 0.948. The van der Waals surface area contributed by atoms with Gasteiger partial charge in [0, 0.05) is 37.6 Å². The van der Waals surface area contributed by atoms with Crippen LogP contribution in [0.1, 0.15) is 44.7 Å². The molecule has 1 aliphatic heterocycles. The first-order valence-electron chi connectivity index (χ1n) is 8.00. The van der Waals surface area contributed by atoms with E-state index < -0.39 is 10.0 Å². The van der Waals surface area contributed by atoms with Crippen LogP contribution in [0.3, 0.4) is 0 Å². The van der Waals surface area contributed by atoms with Crippen LogP contribution in [0.2, 0.25) is 0 Å². The van der Waals surface area contributed by atoms with E-state index in [1.165, 1.54) is 12.8 Å². The van der Waals surface area contributed by atoms with Crippen molar-refractivity contribution in [1.82, 2.24) is 14.6 Å². The first kappa shape index (κ1) is 15.1. The van der Waals surface area contributed by atoms with Crippen LogP contribution >= 0.6 is 0 Å². The molecule has 2 heterocycles. The van der Waals surface area contributed by atoms with Crippen molar-refractivity contribution in [2.24, 2.45) is 5.92 Å². The summed E-state index contributed by atoms with van der Waals surface area (Å²) in [6.07, 6.45) is 7.21. The highest BCUT2D eigenvalue weighted by Gasteiger charge is 2.29. The van der Waals surface area contributed by atoms with Crippen LogP contribution in [0.5, 0.6) is 0 Å². The predicted molar refractivity (Wildman–Crippen MR) is 82.4 cm³/mol. The molecule has 1 aromatic rings. The Balaban J connectivity index is 1.63. The van der Waals surface area contributed by atoms with Crippen molar-refractivity contribution in [2.45, 2.75) is 56.5 Å². The van der Waals surface area contributed by atoms with Gasteiger partial charge in [-0.3, -0.25) is 0 Å². The van der Waals surface area contributed by atoms with Gasteiger partial charge in [-0.15, -0.1) is 0 Å². The smallest absolute Gasteiger partial charge is 0.244 e. The number of nitrogens with zero attached hydrogens (tertiary/aromatic N) is 1. The molecule has 0 aromatic carbocycles. The number of piperidine rings is 1. The van der Waals surface area contributed by atoms with Gasteiger partial charge in [-0.2, -0.15) is 4.31 Å². The quantitative estimate of drug-likeness (QED) is 0.845. The molecule has 2 aliphatic rings. The number of H-pyrrole nitrogens is 1. The Bertz CT molecular complexity index is 569. The molecule has 0 spiro atoms. The van der Waals surface area contributed by atoms with E-state index in [0.29, 0.717) is 29.9 Å². The topological polar surface area (TPSA) is 65.2 Å². The fourth-order valence-electron chi connectivity index (χ4n) is 2.92. The lowest BCUT2D eigenvalue weighted by atomic mass is 9.96. The molecule has 1 aliphatic carbocycles. The number of aromatic amines is 1. The highest BCUT2D eigenvalue weighted by Crippen LogP contribution is 2.26. The van der Waals surface area contributed by atoms with E-state index in [4.69, 9.17) is 0 Å². The van der Waals surface area contributed by atoms with Crippen LogP contribution in [0, 0.1) is 5.92 Å². The number of nitrogens with one attached hydrogen (secondary N) is 2. The highest BCUT2D eigenvalue weighted by atomic mass is 32.2. The van der Waals surface area contributed by atoms with Gasteiger partial charge >= 0.3 is 0 Å². The fourth-order valence-corrected chi connectivity index (χ4v) is 4.41. The van der Waals surface area contributed by atoms with E-state index in [2.05, 4.69) is 17.2 Å². The third-order valence-electron chi connectivity index (χ3n) is 4.66. The van der Waals surface area contributed by atoms with Crippen LogP contribution in [0.15, 0.2) is 17.2 Å². The Morgan fingerprint density at radius 1 is 1.29 bits per heavy atom. The van der Waals surface area contributed by atoms with Gasteiger partial charge in [0.05, 0.1) is 4.90 Å². The van der Waals surface area contributed by atoms with Crippen LogP contribution in [-0.4, -0.2) is 36.8 Å². The third-order valence-corrected chi connectivity index (χ3v) is 6.54. The van der Waals surface area contributed by atoms with Gasteiger partial charge < -0.3 is 10.3 Å². The van der Waals surface area contributed by atoms with E-state index in [1.807, 2.05) is 0 Å². The summed E-state index contributed by atoms with van der Waals surface area (Å²) in [7, 11) is -3.32. The Morgan fingerprint density at radius 3 is 2.62 bits per heavy atom. The van der Waals surface area contributed by atoms with Crippen molar-refractivity contribution in [1.29, 1.82) is 0 Å². The fraction of sp³-hybridized carbons (Fsp3) is 0.733. The van der Waals surface area contributed by atoms with Crippen molar-refractivity contribution in [3.05, 3.63) is 18.0 Å². The molecule has 0 amide bonds. The lowest BCUT2D eigenvalue weighted by Gasteiger charge is -2.30. The first-order valence-corrected chi connectivity index (χ1v) is 9.44. The number of sulfonamides is 1. The lowest BCUT2D eigenvalue weighted by Crippen LogP contribution is -2.38. The SMILES string of the molecule is CCC1CCN(S(=O)(=O)c2c[nH]c(CNC3CC3)c2)CC1. The number of hydrogen-bond donors (Lipinski definition) is 2. The van der Waals surface area contributed by atoms with E-state index in [1.54, 1.807) is 16.6 Å². The van der Waals surface area contributed by atoms with Crippen molar-refractivity contribution in [3.8, 4) is 0 Å². The number of aromatic nitrogens is 1. The van der Waals surface area contributed by atoms with E-state index >= 15 is 0 Å². The van der Waals surface area contributed by atoms with Crippen molar-refractivity contribution >= 4 is 10.0 Å². The van der Waals surface area contributed by atoms with Crippen molar-refractivity contribution in [2.75, 3.05) is 13.1 Å². The standard InChI is InChI=1S/C15H25N3O2S/c1-2-12-5-7-18(8-6-12)21(19,20)15-9-14(17-11-15)10-16-13-3-4-13/h9,11-13,16-17H,2-8,10H2,1H3. The number of rotatable bonds is 6. The molecule has 6 heteroatoms. The van der Waals surface area contributed by atoms with Crippen molar-refractivity contribution in [3.63, 3.8) is 0 Å². The summed E-state index contributed by atoms with van der Waals surface area (Å²) in [6, 6.07) is 2.40. The minimum atomic E-state index is -3.32. The van der Waals surface area contributed by atoms with Gasteiger partial charge in [0.15, 0.2) is 0 Å². The van der Waals surface area contributed by atoms with Gasteiger partial charge in [-0.05, 0) is 37.7 Å². The monoisotopic (exact) mass is 311 g/mol. The summed E-state index contributed by atoms with van der Waals surface area (Å²) >= 11 is 0. The zero-order chi connectivity index (χ0) is 14.9. The van der Waals surface area contributed by atoms with Gasteiger partial charge in [0.2, 0.25) is 10.0 Å². The molecule has 1 saturated heterocycles. The Morgan fingerprint density at radius 2 is 2.00 bits per heavy atom. The maximum absolute atomic E-state index is 12.6. The first-order chi connectivity index (χ1) is 10.1. The predicted octanol–water partition coefficient (Wildman–Crippen LogP) is 2.08. The molecule has 5 nitrogen and oxygen atoms in total. The van der Waals surface area contributed by atoms with E-state index in [9.17, 15) is 8.42 Å². The highest BCUT2D eigenvalue weighted by molar-refractivity contribution is 7.89. The molecule has 0 bridgehead atoms. The molecule has 0 atom stereocenters. The maximum atomic E-state index is 12.6. The largest absolute Gasteiger partial charge is 0.363 e. The van der Waals surface area contributed by atoms with E-state index in [0.717, 1.165) is 31.5 Å². The minimum Gasteiger partial charge on any atom is -0.363 e. The summed E-state index contributed by atoms with van der Waals surface area (Å²) in [6.45, 7) is 4.21. The molecular weight excluding hydrogens is 286 g/mol. The summed E-state index contributed by atoms with van der Waals surface area (Å²) in [5.74, 6) is 0.681. The molecule has 3 rings (SSSR count). The van der Waals surface area contributed by atoms with Gasteiger partial charge in [0.1, 0.15) is 0 Å². The second kappa shape index (κ2) is 6.10. The summed E-state index contributed by atoms with van der Waals surface area (Å²) < 4.78 is 26.9. The van der Waals surface area contributed by atoms with Gasteiger partial charge in [-0.1, -0.05) is 13.3 Å². The third kappa shape index (κ3) is 3.49. The second-order valence-corrected chi connectivity index (χ2v) is 8.21. The summed E-state index contributed by atoms with van der Waals surface area (Å²) in [5, 5.41) is 3.39. The molecule has 1 saturated carbocycles. The molecule has 2 fully saturated rings. The lowest BCUT2D eigenvalue weighted by molar-refractivity contribution is 0.269. The number of hydrogen-bond acceptors (Lipinski definition) is 3. The zero-order valence-electron chi connectivity index (χ0n) is 12.6. The molecular formula is C15H25N3O2S. The minimum absolute atomic E-state index is 0.407. The second-order valence-electron chi connectivity index (χ2n) is 6.27.